The summed E-state index contributed by atoms with van der Waals surface area (Å²) in [5.41, 5.74) is 0. The van der Waals surface area contributed by atoms with Crippen LogP contribution in [0.1, 0.15) is 278 Å². The molecule has 0 bridgehead atoms. The smallest absolute Gasteiger partial charge is 0.306 e. The summed E-state index contributed by atoms with van der Waals surface area (Å²) in [7, 11) is 0. The van der Waals surface area contributed by atoms with E-state index >= 15 is 0 Å². The highest BCUT2D eigenvalue weighted by molar-refractivity contribution is 5.77. The molecule has 0 saturated heterocycles. The molecule has 0 aromatic rings. The molecule has 0 aromatic carbocycles. The molecule has 0 aliphatic carbocycles. The highest BCUT2D eigenvalue weighted by Crippen LogP contribution is 2.18. The van der Waals surface area contributed by atoms with Crippen LogP contribution in [0.4, 0.5) is 0 Å². The average molecular weight is 858 g/mol. The zero-order chi connectivity index (χ0) is 44.5. The number of allylic oxidation sites excluding steroid dienone is 6. The van der Waals surface area contributed by atoms with Crippen LogP contribution in [0.5, 0.6) is 0 Å². The first-order valence-corrected chi connectivity index (χ1v) is 26.7. The lowest BCUT2D eigenvalue weighted by Gasteiger charge is -2.24. The lowest BCUT2D eigenvalue weighted by atomic mass is 10.0. The number of aliphatic hydroxyl groups excluding tert-OH is 2. The predicted octanol–water partition coefficient (Wildman–Crippen LogP) is 16.1. The minimum absolute atomic E-state index is 0.0724. The molecule has 3 atom stereocenters. The summed E-state index contributed by atoms with van der Waals surface area (Å²) < 4.78 is 5.94. The SMILES string of the molecule is CCCCC/C=C\C/C=C\C/C=C\CCCCCCC(=O)OC(CCCCCCCCCCCCCCCCCC)CC(=O)NC(CO)C(O)CCCCCCCCCCC. The van der Waals surface area contributed by atoms with E-state index in [-0.39, 0.29) is 24.9 Å². The van der Waals surface area contributed by atoms with E-state index in [2.05, 4.69) is 62.5 Å². The summed E-state index contributed by atoms with van der Waals surface area (Å²) in [5.74, 6) is -0.487. The number of aliphatic hydroxyl groups is 2. The van der Waals surface area contributed by atoms with E-state index in [0.29, 0.717) is 19.3 Å². The monoisotopic (exact) mass is 858 g/mol. The number of amides is 1. The van der Waals surface area contributed by atoms with E-state index in [9.17, 15) is 19.8 Å². The van der Waals surface area contributed by atoms with Crippen molar-refractivity contribution in [2.24, 2.45) is 0 Å². The van der Waals surface area contributed by atoms with Gasteiger partial charge in [-0.05, 0) is 64.2 Å². The Morgan fingerprint density at radius 3 is 1.30 bits per heavy atom. The van der Waals surface area contributed by atoms with Gasteiger partial charge in [0.25, 0.3) is 0 Å². The number of rotatable bonds is 48. The second kappa shape index (κ2) is 49.1. The maximum atomic E-state index is 13.2. The molecule has 3 unspecified atom stereocenters. The first kappa shape index (κ1) is 59.1. The summed E-state index contributed by atoms with van der Waals surface area (Å²) in [6.07, 6.45) is 57.8. The molecule has 6 nitrogen and oxygen atoms in total. The number of unbranched alkanes of at least 4 members (excludes halogenated alkanes) is 30. The molecule has 0 rings (SSSR count). The fraction of sp³-hybridized carbons (Fsp3) is 0.855. The summed E-state index contributed by atoms with van der Waals surface area (Å²) in [5, 5.41) is 23.7. The van der Waals surface area contributed by atoms with Gasteiger partial charge in [-0.15, -0.1) is 0 Å². The average Bonchev–Trinajstić information content (AvgIpc) is 3.25. The Kier molecular flexibility index (Phi) is 47.6. The largest absolute Gasteiger partial charge is 0.462 e. The van der Waals surface area contributed by atoms with Crippen molar-refractivity contribution in [2.45, 2.75) is 296 Å². The van der Waals surface area contributed by atoms with Gasteiger partial charge in [0.1, 0.15) is 6.10 Å². The number of nitrogens with one attached hydrogen (secondary N) is 1. The number of hydrogen-bond donors (Lipinski definition) is 3. The van der Waals surface area contributed by atoms with Gasteiger partial charge in [-0.3, -0.25) is 9.59 Å². The van der Waals surface area contributed by atoms with E-state index in [4.69, 9.17) is 4.74 Å². The van der Waals surface area contributed by atoms with Gasteiger partial charge in [0, 0.05) is 6.42 Å². The van der Waals surface area contributed by atoms with Crippen LogP contribution in [-0.4, -0.2) is 46.9 Å². The molecule has 0 radical (unpaired) electrons. The van der Waals surface area contributed by atoms with Crippen LogP contribution in [0, 0.1) is 0 Å². The Labute approximate surface area is 379 Å². The highest BCUT2D eigenvalue weighted by Gasteiger charge is 2.24. The van der Waals surface area contributed by atoms with Crippen molar-refractivity contribution in [3.63, 3.8) is 0 Å². The Bertz CT molecular complexity index is 1010. The molecule has 0 aromatic heterocycles. The fourth-order valence-corrected chi connectivity index (χ4v) is 8.14. The maximum absolute atomic E-state index is 13.2. The lowest BCUT2D eigenvalue weighted by molar-refractivity contribution is -0.151. The van der Waals surface area contributed by atoms with Gasteiger partial charge >= 0.3 is 5.97 Å². The Hall–Kier alpha value is -1.92. The number of carbonyl (C=O) groups excluding carboxylic acids is 2. The van der Waals surface area contributed by atoms with Crippen LogP contribution < -0.4 is 5.32 Å². The third kappa shape index (κ3) is 44.5. The lowest BCUT2D eigenvalue weighted by Crippen LogP contribution is -2.46. The van der Waals surface area contributed by atoms with E-state index < -0.39 is 18.2 Å². The Morgan fingerprint density at radius 2 is 0.836 bits per heavy atom. The van der Waals surface area contributed by atoms with Crippen LogP contribution in [0.2, 0.25) is 0 Å². The Balaban J connectivity index is 4.57. The van der Waals surface area contributed by atoms with Gasteiger partial charge in [0.2, 0.25) is 5.91 Å². The molecular formula is C55H103NO5. The van der Waals surface area contributed by atoms with Crippen molar-refractivity contribution in [1.29, 1.82) is 0 Å². The van der Waals surface area contributed by atoms with Gasteiger partial charge in [-0.2, -0.15) is 0 Å². The van der Waals surface area contributed by atoms with Crippen LogP contribution >= 0.6 is 0 Å². The van der Waals surface area contributed by atoms with E-state index in [1.54, 1.807) is 0 Å². The number of esters is 1. The van der Waals surface area contributed by atoms with Crippen molar-refractivity contribution >= 4 is 11.9 Å². The standard InChI is InChI=1S/C55H103NO5/c1-4-7-10-13-16-19-21-23-25-27-29-31-33-36-39-42-45-48-55(60)61-51(46-43-40-37-35-32-30-28-26-24-22-20-17-14-11-8-5-2)49-54(59)56-52(50-57)53(58)47-44-41-38-34-18-15-12-9-6-3/h16,19,23,25,29,31,51-53,57-58H,4-15,17-18,20-22,24,26-28,30,32-50H2,1-3H3,(H,56,59)/b19-16-,25-23-,31-29-. The third-order valence-corrected chi connectivity index (χ3v) is 12.2. The molecule has 358 valence electrons. The van der Waals surface area contributed by atoms with Gasteiger partial charge in [-0.1, -0.05) is 237 Å². The third-order valence-electron chi connectivity index (χ3n) is 12.2. The van der Waals surface area contributed by atoms with E-state index in [1.165, 1.54) is 154 Å². The fourth-order valence-electron chi connectivity index (χ4n) is 8.14. The van der Waals surface area contributed by atoms with Gasteiger partial charge < -0.3 is 20.3 Å². The van der Waals surface area contributed by atoms with Crippen LogP contribution in [0.3, 0.4) is 0 Å². The first-order valence-electron chi connectivity index (χ1n) is 26.7. The molecule has 1 amide bonds. The van der Waals surface area contributed by atoms with Crippen molar-refractivity contribution in [3.05, 3.63) is 36.5 Å². The van der Waals surface area contributed by atoms with E-state index in [0.717, 1.165) is 77.0 Å². The van der Waals surface area contributed by atoms with Crippen molar-refractivity contribution < 1.29 is 24.5 Å². The minimum atomic E-state index is -0.787. The van der Waals surface area contributed by atoms with E-state index in [1.807, 2.05) is 0 Å². The summed E-state index contributed by atoms with van der Waals surface area (Å²) in [6.45, 7) is 6.45. The minimum Gasteiger partial charge on any atom is -0.462 e. The molecule has 0 saturated carbocycles. The molecule has 61 heavy (non-hydrogen) atoms. The van der Waals surface area contributed by atoms with Gasteiger partial charge in [-0.25, -0.2) is 0 Å². The zero-order valence-electron chi connectivity index (χ0n) is 40.8. The second-order valence-electron chi connectivity index (χ2n) is 18.3. The molecular weight excluding hydrogens is 755 g/mol. The summed E-state index contributed by atoms with van der Waals surface area (Å²) in [6, 6.07) is -0.702. The molecule has 0 spiro atoms. The molecule has 0 aliphatic heterocycles. The molecule has 0 fully saturated rings. The quantitative estimate of drug-likeness (QED) is 0.0322. The zero-order valence-corrected chi connectivity index (χ0v) is 40.8. The summed E-state index contributed by atoms with van der Waals surface area (Å²) >= 11 is 0. The van der Waals surface area contributed by atoms with Crippen molar-refractivity contribution in [2.75, 3.05) is 6.61 Å². The second-order valence-corrected chi connectivity index (χ2v) is 18.3. The Morgan fingerprint density at radius 1 is 0.475 bits per heavy atom. The van der Waals surface area contributed by atoms with Crippen LogP contribution in [0.25, 0.3) is 0 Å². The van der Waals surface area contributed by atoms with Gasteiger partial charge in [0.15, 0.2) is 0 Å². The summed E-state index contributed by atoms with van der Waals surface area (Å²) in [4.78, 5) is 26.2. The van der Waals surface area contributed by atoms with Gasteiger partial charge in [0.05, 0.1) is 25.2 Å². The van der Waals surface area contributed by atoms with Crippen LogP contribution in [-0.2, 0) is 14.3 Å². The molecule has 0 aliphatic rings. The molecule has 0 heterocycles. The number of carbonyl (C=O) groups is 2. The van der Waals surface area contributed by atoms with Crippen LogP contribution in [0.15, 0.2) is 36.5 Å². The molecule has 6 heteroatoms. The number of hydrogen-bond acceptors (Lipinski definition) is 5. The predicted molar refractivity (Wildman–Crippen MR) is 264 cm³/mol. The topological polar surface area (TPSA) is 95.9 Å². The first-order chi connectivity index (χ1) is 30.0. The maximum Gasteiger partial charge on any atom is 0.306 e. The van der Waals surface area contributed by atoms with Crippen molar-refractivity contribution in [1.82, 2.24) is 5.32 Å². The molecule has 3 N–H and O–H groups in total. The highest BCUT2D eigenvalue weighted by atomic mass is 16.5. The van der Waals surface area contributed by atoms with Crippen molar-refractivity contribution in [3.8, 4) is 0 Å². The normalized spacial score (nSPS) is 13.5. The number of ether oxygens (including phenoxy) is 1.